The molecule has 20 heavy (non-hydrogen) atoms. The van der Waals surface area contributed by atoms with Crippen LogP contribution >= 0.6 is 0 Å². The van der Waals surface area contributed by atoms with Crippen molar-refractivity contribution in [3.8, 4) is 0 Å². The molecule has 1 atom stereocenters. The number of unbranched alkanes of at least 4 members (excludes halogenated alkanes) is 3. The maximum absolute atomic E-state index is 12.9. The first-order valence-corrected chi connectivity index (χ1v) is 7.39. The van der Waals surface area contributed by atoms with Crippen LogP contribution in [0, 0.1) is 12.7 Å². The summed E-state index contributed by atoms with van der Waals surface area (Å²) in [7, 11) is 0. The Hall–Kier alpha value is -1.13. The van der Waals surface area contributed by atoms with E-state index in [1.807, 2.05) is 6.92 Å². The molecule has 114 valence electrons. The number of ether oxygens (including phenoxy) is 1. The average molecular weight is 283 g/mol. The van der Waals surface area contributed by atoms with Crippen LogP contribution < -0.4 is 5.32 Å². The van der Waals surface area contributed by atoms with Crippen LogP contribution in [-0.4, -0.2) is 31.0 Å². The molecule has 0 radical (unpaired) electrons. The monoisotopic (exact) mass is 283 g/mol. The Morgan fingerprint density at radius 3 is 2.80 bits per heavy atom. The summed E-state index contributed by atoms with van der Waals surface area (Å²) >= 11 is 0. The van der Waals surface area contributed by atoms with Gasteiger partial charge in [-0.3, -0.25) is 0 Å². The van der Waals surface area contributed by atoms with E-state index in [1.165, 1.54) is 31.4 Å². The van der Waals surface area contributed by atoms with Crippen molar-refractivity contribution >= 4 is 5.69 Å². The summed E-state index contributed by atoms with van der Waals surface area (Å²) in [6.07, 6.45) is 4.12. The minimum absolute atomic E-state index is 0.246. The average Bonchev–Trinajstić information content (AvgIpc) is 2.41. The van der Waals surface area contributed by atoms with E-state index in [4.69, 9.17) is 4.74 Å². The van der Waals surface area contributed by atoms with Crippen molar-refractivity contribution in [2.24, 2.45) is 0 Å². The Morgan fingerprint density at radius 1 is 1.30 bits per heavy atom. The van der Waals surface area contributed by atoms with Crippen LogP contribution in [0.15, 0.2) is 18.2 Å². The zero-order valence-electron chi connectivity index (χ0n) is 12.5. The Kier molecular flexibility index (Phi) is 8.23. The fourth-order valence-corrected chi connectivity index (χ4v) is 1.96. The van der Waals surface area contributed by atoms with E-state index in [1.54, 1.807) is 6.07 Å². The van der Waals surface area contributed by atoms with E-state index in [9.17, 15) is 9.50 Å². The summed E-state index contributed by atoms with van der Waals surface area (Å²) in [6.45, 7) is 5.45. The Balaban J connectivity index is 2.14. The number of nitrogens with one attached hydrogen (secondary N) is 1. The summed E-state index contributed by atoms with van der Waals surface area (Å²) in [4.78, 5) is 0. The van der Waals surface area contributed by atoms with Gasteiger partial charge in [-0.2, -0.15) is 0 Å². The molecule has 0 heterocycles. The van der Waals surface area contributed by atoms with Gasteiger partial charge in [0.25, 0.3) is 0 Å². The maximum Gasteiger partial charge on any atom is 0.123 e. The molecule has 0 saturated heterocycles. The normalized spacial score (nSPS) is 12.4. The predicted octanol–water partition coefficient (Wildman–Crippen LogP) is 3.50. The van der Waals surface area contributed by atoms with Gasteiger partial charge < -0.3 is 15.2 Å². The van der Waals surface area contributed by atoms with Crippen molar-refractivity contribution in [2.45, 2.75) is 45.6 Å². The zero-order chi connectivity index (χ0) is 14.8. The second-order valence-corrected chi connectivity index (χ2v) is 5.13. The Morgan fingerprint density at radius 2 is 2.10 bits per heavy atom. The fraction of sp³-hybridized carbons (Fsp3) is 0.625. The highest BCUT2D eigenvalue weighted by Crippen LogP contribution is 2.15. The summed E-state index contributed by atoms with van der Waals surface area (Å²) in [6, 6.07) is 4.56. The molecule has 0 spiro atoms. The SMILES string of the molecule is CCCCCCOCC(O)CNc1ccc(F)cc1C. The number of hydrogen-bond donors (Lipinski definition) is 2. The number of halogens is 1. The predicted molar refractivity (Wildman–Crippen MR) is 80.6 cm³/mol. The molecule has 4 heteroatoms. The number of anilines is 1. The van der Waals surface area contributed by atoms with Gasteiger partial charge in [-0.15, -0.1) is 0 Å². The minimum Gasteiger partial charge on any atom is -0.389 e. The highest BCUT2D eigenvalue weighted by atomic mass is 19.1. The van der Waals surface area contributed by atoms with Gasteiger partial charge in [0.15, 0.2) is 0 Å². The molecule has 0 amide bonds. The second kappa shape index (κ2) is 9.72. The molecule has 1 aromatic rings. The van der Waals surface area contributed by atoms with Crippen LogP contribution in [0.1, 0.15) is 38.2 Å². The second-order valence-electron chi connectivity index (χ2n) is 5.13. The molecule has 2 N–H and O–H groups in total. The van der Waals surface area contributed by atoms with E-state index in [0.29, 0.717) is 19.8 Å². The minimum atomic E-state index is -0.550. The van der Waals surface area contributed by atoms with E-state index in [0.717, 1.165) is 17.7 Å². The number of rotatable bonds is 10. The highest BCUT2D eigenvalue weighted by molar-refractivity contribution is 5.50. The van der Waals surface area contributed by atoms with Crippen molar-refractivity contribution in [1.82, 2.24) is 0 Å². The number of aliphatic hydroxyl groups is 1. The van der Waals surface area contributed by atoms with Crippen LogP contribution in [0.3, 0.4) is 0 Å². The standard InChI is InChI=1S/C16H26FNO2/c1-3-4-5-6-9-20-12-15(19)11-18-16-8-7-14(17)10-13(16)2/h7-8,10,15,18-19H,3-6,9,11-12H2,1-2H3. The zero-order valence-corrected chi connectivity index (χ0v) is 12.5. The number of hydrogen-bond acceptors (Lipinski definition) is 3. The van der Waals surface area contributed by atoms with Gasteiger partial charge >= 0.3 is 0 Å². The van der Waals surface area contributed by atoms with Crippen molar-refractivity contribution in [2.75, 3.05) is 25.1 Å². The lowest BCUT2D eigenvalue weighted by molar-refractivity contribution is 0.0416. The Labute approximate surface area is 121 Å². The summed E-state index contributed by atoms with van der Waals surface area (Å²) in [5.74, 6) is -0.246. The summed E-state index contributed by atoms with van der Waals surface area (Å²) in [5.41, 5.74) is 1.67. The molecular formula is C16H26FNO2. The van der Waals surface area contributed by atoms with E-state index >= 15 is 0 Å². The first kappa shape index (κ1) is 16.9. The van der Waals surface area contributed by atoms with Gasteiger partial charge in [-0.1, -0.05) is 26.2 Å². The lowest BCUT2D eigenvalue weighted by Crippen LogP contribution is -2.25. The fourth-order valence-electron chi connectivity index (χ4n) is 1.96. The van der Waals surface area contributed by atoms with Gasteiger partial charge in [0, 0.05) is 18.8 Å². The van der Waals surface area contributed by atoms with Crippen LogP contribution in [-0.2, 0) is 4.74 Å². The molecule has 0 aliphatic heterocycles. The van der Waals surface area contributed by atoms with Crippen LogP contribution in [0.5, 0.6) is 0 Å². The number of aryl methyl sites for hydroxylation is 1. The maximum atomic E-state index is 12.9. The van der Waals surface area contributed by atoms with E-state index < -0.39 is 6.10 Å². The molecule has 1 rings (SSSR count). The molecule has 1 unspecified atom stereocenters. The van der Waals surface area contributed by atoms with Gasteiger partial charge in [-0.05, 0) is 37.1 Å². The first-order chi connectivity index (χ1) is 9.63. The van der Waals surface area contributed by atoms with Crippen LogP contribution in [0.2, 0.25) is 0 Å². The third kappa shape index (κ3) is 6.87. The molecule has 0 aliphatic rings. The van der Waals surface area contributed by atoms with E-state index in [-0.39, 0.29) is 5.82 Å². The molecule has 1 aromatic carbocycles. The van der Waals surface area contributed by atoms with Crippen molar-refractivity contribution < 1.29 is 14.2 Å². The summed E-state index contributed by atoms with van der Waals surface area (Å²) < 4.78 is 18.4. The summed E-state index contributed by atoms with van der Waals surface area (Å²) in [5, 5.41) is 12.9. The molecule has 0 fully saturated rings. The molecular weight excluding hydrogens is 257 g/mol. The van der Waals surface area contributed by atoms with Crippen molar-refractivity contribution in [3.63, 3.8) is 0 Å². The van der Waals surface area contributed by atoms with Gasteiger partial charge in [0.1, 0.15) is 5.82 Å². The lowest BCUT2D eigenvalue weighted by atomic mass is 10.2. The largest absolute Gasteiger partial charge is 0.389 e. The van der Waals surface area contributed by atoms with Gasteiger partial charge in [0.05, 0.1) is 12.7 Å². The smallest absolute Gasteiger partial charge is 0.123 e. The molecule has 0 aromatic heterocycles. The Bertz CT molecular complexity index is 385. The third-order valence-corrected chi connectivity index (χ3v) is 3.17. The van der Waals surface area contributed by atoms with Crippen molar-refractivity contribution in [1.29, 1.82) is 0 Å². The highest BCUT2D eigenvalue weighted by Gasteiger charge is 2.05. The molecule has 0 aliphatic carbocycles. The molecule has 0 saturated carbocycles. The van der Waals surface area contributed by atoms with Crippen LogP contribution in [0.25, 0.3) is 0 Å². The number of aliphatic hydroxyl groups excluding tert-OH is 1. The number of benzene rings is 1. The van der Waals surface area contributed by atoms with E-state index in [2.05, 4.69) is 12.2 Å². The van der Waals surface area contributed by atoms with Crippen LogP contribution in [0.4, 0.5) is 10.1 Å². The molecule has 3 nitrogen and oxygen atoms in total. The third-order valence-electron chi connectivity index (χ3n) is 3.17. The quantitative estimate of drug-likeness (QED) is 0.646. The first-order valence-electron chi connectivity index (χ1n) is 7.39. The topological polar surface area (TPSA) is 41.5 Å². The van der Waals surface area contributed by atoms with Gasteiger partial charge in [0.2, 0.25) is 0 Å². The lowest BCUT2D eigenvalue weighted by Gasteiger charge is -2.14. The van der Waals surface area contributed by atoms with Gasteiger partial charge in [-0.25, -0.2) is 4.39 Å². The molecule has 0 bridgehead atoms. The van der Waals surface area contributed by atoms with Crippen molar-refractivity contribution in [3.05, 3.63) is 29.6 Å².